The van der Waals surface area contributed by atoms with Gasteiger partial charge < -0.3 is 10.4 Å². The lowest BCUT2D eigenvalue weighted by molar-refractivity contribution is -0.141. The topological polar surface area (TPSA) is 84.2 Å². The van der Waals surface area contributed by atoms with Gasteiger partial charge in [-0.1, -0.05) is 12.2 Å². The fraction of sp³-hybridized carbons (Fsp3) is 0.500. The number of amides is 1. The number of aromatic nitrogens is 2. The number of aliphatic carboxylic acids is 1. The first-order valence-corrected chi connectivity index (χ1v) is 6.74. The average molecular weight is 315 g/mol. The van der Waals surface area contributed by atoms with Crippen molar-refractivity contribution in [3.05, 3.63) is 29.1 Å². The zero-order chi connectivity index (χ0) is 16.9. The standard InChI is InChI=1S/C14H19F2N3O3/c1-4-5-6-11(13(21)22)17-12(20)7-10-8(2)18-19(9(10)3)14(15)16/h4-5,11,14H,6-7H2,1-3H3,(H,17,20)(H,21,22)/b5-4+. The third kappa shape index (κ3) is 4.37. The second kappa shape index (κ2) is 7.67. The third-order valence-corrected chi connectivity index (χ3v) is 3.24. The zero-order valence-electron chi connectivity index (χ0n) is 12.6. The Hall–Kier alpha value is -2.25. The minimum Gasteiger partial charge on any atom is -0.480 e. The Morgan fingerprint density at radius 2 is 2.05 bits per heavy atom. The number of allylic oxidation sites excluding steroid dienone is 1. The monoisotopic (exact) mass is 315 g/mol. The van der Waals surface area contributed by atoms with E-state index in [2.05, 4.69) is 10.4 Å². The number of nitrogens with one attached hydrogen (secondary N) is 1. The van der Waals surface area contributed by atoms with Crippen LogP contribution in [0.25, 0.3) is 0 Å². The second-order valence-corrected chi connectivity index (χ2v) is 4.81. The summed E-state index contributed by atoms with van der Waals surface area (Å²) in [5.74, 6) is -1.69. The van der Waals surface area contributed by atoms with Crippen molar-refractivity contribution in [2.45, 2.75) is 46.2 Å². The maximum Gasteiger partial charge on any atom is 0.333 e. The van der Waals surface area contributed by atoms with Crippen molar-refractivity contribution < 1.29 is 23.5 Å². The Morgan fingerprint density at radius 1 is 1.41 bits per heavy atom. The number of nitrogens with zero attached hydrogens (tertiary/aromatic N) is 2. The zero-order valence-corrected chi connectivity index (χ0v) is 12.6. The number of carboxylic acids is 1. The minimum absolute atomic E-state index is 0.159. The smallest absolute Gasteiger partial charge is 0.333 e. The van der Waals surface area contributed by atoms with Gasteiger partial charge in [0.05, 0.1) is 12.1 Å². The predicted octanol–water partition coefficient (Wildman–Crippen LogP) is 1.97. The van der Waals surface area contributed by atoms with E-state index in [0.29, 0.717) is 15.9 Å². The number of hydrogen-bond acceptors (Lipinski definition) is 3. The minimum atomic E-state index is -2.78. The lowest BCUT2D eigenvalue weighted by Crippen LogP contribution is -2.41. The first-order valence-electron chi connectivity index (χ1n) is 6.74. The van der Waals surface area contributed by atoms with E-state index in [4.69, 9.17) is 5.11 Å². The molecule has 0 bridgehead atoms. The Bertz CT molecular complexity index is 582. The van der Waals surface area contributed by atoms with E-state index in [0.717, 1.165) is 0 Å². The summed E-state index contributed by atoms with van der Waals surface area (Å²) >= 11 is 0. The van der Waals surface area contributed by atoms with Crippen LogP contribution in [0.5, 0.6) is 0 Å². The molecule has 1 aromatic heterocycles. The predicted molar refractivity (Wildman–Crippen MR) is 75.7 cm³/mol. The highest BCUT2D eigenvalue weighted by atomic mass is 19.3. The molecule has 122 valence electrons. The summed E-state index contributed by atoms with van der Waals surface area (Å²) < 4.78 is 26.0. The van der Waals surface area contributed by atoms with Gasteiger partial charge in [0.2, 0.25) is 5.91 Å². The summed E-state index contributed by atoms with van der Waals surface area (Å²) in [6.45, 7) is 1.94. The maximum absolute atomic E-state index is 12.7. The van der Waals surface area contributed by atoms with Crippen LogP contribution in [0, 0.1) is 13.8 Å². The lowest BCUT2D eigenvalue weighted by Gasteiger charge is -2.12. The molecule has 0 aliphatic heterocycles. The first kappa shape index (κ1) is 17.8. The van der Waals surface area contributed by atoms with Gasteiger partial charge in [-0.05, 0) is 27.2 Å². The molecule has 0 fully saturated rings. The Kier molecular flexibility index (Phi) is 6.21. The second-order valence-electron chi connectivity index (χ2n) is 4.81. The molecule has 1 atom stereocenters. The van der Waals surface area contributed by atoms with Gasteiger partial charge in [0, 0.05) is 11.3 Å². The summed E-state index contributed by atoms with van der Waals surface area (Å²) in [6.07, 6.45) is 3.28. The number of alkyl halides is 2. The molecule has 0 aliphatic rings. The van der Waals surface area contributed by atoms with Gasteiger partial charge >= 0.3 is 12.5 Å². The molecule has 8 heteroatoms. The van der Waals surface area contributed by atoms with Crippen LogP contribution in [-0.2, 0) is 16.0 Å². The molecule has 1 heterocycles. The lowest BCUT2D eigenvalue weighted by atomic mass is 10.1. The highest BCUT2D eigenvalue weighted by Gasteiger charge is 2.22. The van der Waals surface area contributed by atoms with Crippen LogP contribution in [0.4, 0.5) is 8.78 Å². The van der Waals surface area contributed by atoms with Crippen LogP contribution >= 0.6 is 0 Å². The van der Waals surface area contributed by atoms with Crippen molar-refractivity contribution in [1.82, 2.24) is 15.1 Å². The van der Waals surface area contributed by atoms with Gasteiger partial charge in [-0.3, -0.25) is 4.79 Å². The molecule has 1 unspecified atom stereocenters. The van der Waals surface area contributed by atoms with Gasteiger partial charge in [0.1, 0.15) is 6.04 Å². The van der Waals surface area contributed by atoms with Crippen LogP contribution < -0.4 is 5.32 Å². The van der Waals surface area contributed by atoms with E-state index in [1.807, 2.05) is 0 Å². The average Bonchev–Trinajstić information content (AvgIpc) is 2.71. The molecule has 2 N–H and O–H groups in total. The van der Waals surface area contributed by atoms with Crippen molar-refractivity contribution in [3.63, 3.8) is 0 Å². The molecule has 0 spiro atoms. The Labute approximate surface area is 126 Å². The summed E-state index contributed by atoms with van der Waals surface area (Å²) in [7, 11) is 0. The van der Waals surface area contributed by atoms with Crippen molar-refractivity contribution in [3.8, 4) is 0 Å². The molecule has 22 heavy (non-hydrogen) atoms. The van der Waals surface area contributed by atoms with E-state index in [1.165, 1.54) is 13.8 Å². The highest BCUT2D eigenvalue weighted by Crippen LogP contribution is 2.19. The summed E-state index contributed by atoms with van der Waals surface area (Å²) in [4.78, 5) is 23.0. The summed E-state index contributed by atoms with van der Waals surface area (Å²) in [5, 5.41) is 15.1. The van der Waals surface area contributed by atoms with Crippen LogP contribution in [0.2, 0.25) is 0 Å². The fourth-order valence-electron chi connectivity index (χ4n) is 2.04. The molecular weight excluding hydrogens is 296 g/mol. The Balaban J connectivity index is 2.82. The summed E-state index contributed by atoms with van der Waals surface area (Å²) in [6, 6.07) is -1.05. The van der Waals surface area contributed by atoms with E-state index >= 15 is 0 Å². The van der Waals surface area contributed by atoms with E-state index in [-0.39, 0.29) is 18.5 Å². The van der Waals surface area contributed by atoms with E-state index < -0.39 is 24.5 Å². The number of carbonyl (C=O) groups excluding carboxylic acids is 1. The Morgan fingerprint density at radius 3 is 2.50 bits per heavy atom. The van der Waals surface area contributed by atoms with Crippen molar-refractivity contribution in [1.29, 1.82) is 0 Å². The van der Waals surface area contributed by atoms with Crippen molar-refractivity contribution >= 4 is 11.9 Å². The number of carbonyl (C=O) groups is 2. The fourth-order valence-corrected chi connectivity index (χ4v) is 2.04. The molecular formula is C14H19F2N3O3. The van der Waals surface area contributed by atoms with Gasteiger partial charge in [-0.25, -0.2) is 9.48 Å². The first-order chi connectivity index (χ1) is 10.3. The van der Waals surface area contributed by atoms with Crippen LogP contribution in [0.15, 0.2) is 12.2 Å². The molecule has 0 saturated heterocycles. The van der Waals surface area contributed by atoms with E-state index in [9.17, 15) is 18.4 Å². The van der Waals surface area contributed by atoms with Crippen LogP contribution in [-0.4, -0.2) is 32.8 Å². The molecule has 0 radical (unpaired) electrons. The number of carboxylic acid groups (broad SMARTS) is 1. The molecule has 0 saturated carbocycles. The quantitative estimate of drug-likeness (QED) is 0.754. The number of hydrogen-bond donors (Lipinski definition) is 2. The molecule has 0 aliphatic carbocycles. The molecule has 0 aromatic carbocycles. The SMILES string of the molecule is C/C=C/CC(NC(=O)Cc1c(C)nn(C(F)F)c1C)C(=O)O. The van der Waals surface area contributed by atoms with Crippen molar-refractivity contribution in [2.24, 2.45) is 0 Å². The molecule has 1 aromatic rings. The largest absolute Gasteiger partial charge is 0.480 e. The van der Waals surface area contributed by atoms with Crippen LogP contribution in [0.1, 0.15) is 36.8 Å². The molecule has 1 amide bonds. The third-order valence-electron chi connectivity index (χ3n) is 3.24. The van der Waals surface area contributed by atoms with Gasteiger partial charge in [-0.2, -0.15) is 13.9 Å². The number of rotatable bonds is 7. The molecule has 6 nitrogen and oxygen atoms in total. The number of aryl methyl sites for hydroxylation is 1. The number of halogens is 2. The summed E-state index contributed by atoms with van der Waals surface area (Å²) in [5.41, 5.74) is 0.907. The van der Waals surface area contributed by atoms with Crippen molar-refractivity contribution in [2.75, 3.05) is 0 Å². The van der Waals surface area contributed by atoms with Gasteiger partial charge in [0.15, 0.2) is 0 Å². The van der Waals surface area contributed by atoms with E-state index in [1.54, 1.807) is 19.1 Å². The normalized spacial score (nSPS) is 12.8. The highest BCUT2D eigenvalue weighted by molar-refractivity contribution is 5.85. The van der Waals surface area contributed by atoms with Gasteiger partial charge in [-0.15, -0.1) is 0 Å². The maximum atomic E-state index is 12.7. The molecule has 1 rings (SSSR count). The van der Waals surface area contributed by atoms with Crippen LogP contribution in [0.3, 0.4) is 0 Å². The van der Waals surface area contributed by atoms with Gasteiger partial charge in [0.25, 0.3) is 0 Å².